The molecule has 0 saturated heterocycles. The number of nitrogens with zero attached hydrogens (tertiary/aromatic N) is 3. The maximum absolute atomic E-state index is 9.96. The van der Waals surface area contributed by atoms with Crippen molar-refractivity contribution in [2.24, 2.45) is 0 Å². The molecule has 1 aromatic heterocycles. The summed E-state index contributed by atoms with van der Waals surface area (Å²) in [6.45, 7) is 0. The molecule has 0 N–H and O–H groups in total. The lowest BCUT2D eigenvalue weighted by molar-refractivity contribution is 1.28. The second-order valence-corrected chi connectivity index (χ2v) is 15.2. The Morgan fingerprint density at radius 3 is 1.52 bits per heavy atom. The SMILES string of the molecule is N#Cc1cccnc1-c1ccccc1-c1ccccc1N1c2ccccc2[Si](c2ccccc2)(c2ccccc2)c2ccccc21. The molecule has 0 spiro atoms. The van der Waals surface area contributed by atoms with Gasteiger partial charge in [0.1, 0.15) is 6.07 Å². The third kappa shape index (κ3) is 4.22. The predicted molar refractivity (Wildman–Crippen MR) is 192 cm³/mol. The minimum Gasteiger partial charge on any atom is -0.310 e. The molecule has 0 saturated carbocycles. The number of benzene rings is 6. The topological polar surface area (TPSA) is 39.9 Å². The van der Waals surface area contributed by atoms with E-state index in [1.54, 1.807) is 6.20 Å². The summed E-state index contributed by atoms with van der Waals surface area (Å²) >= 11 is 0. The Bertz CT molecular complexity index is 2150. The van der Waals surface area contributed by atoms with Crippen molar-refractivity contribution in [3.63, 3.8) is 0 Å². The first kappa shape index (κ1) is 27.5. The lowest BCUT2D eigenvalue weighted by atomic mass is 9.93. The summed E-state index contributed by atoms with van der Waals surface area (Å²) in [4.78, 5) is 7.12. The molecule has 4 heteroatoms. The molecule has 6 aromatic carbocycles. The molecule has 0 radical (unpaired) electrons. The Labute approximate surface area is 270 Å². The van der Waals surface area contributed by atoms with Crippen LogP contribution in [0.2, 0.25) is 0 Å². The maximum atomic E-state index is 9.96. The van der Waals surface area contributed by atoms with Crippen LogP contribution in [-0.4, -0.2) is 13.1 Å². The summed E-state index contributed by atoms with van der Waals surface area (Å²) in [6, 6.07) is 62.9. The standard InChI is InChI=1S/C42H29N3Si/c43-30-31-16-15-29-44-42(31)36-23-8-7-21-34(36)35-22-9-10-24-37(35)45-38-25-11-13-27-40(38)46(32-17-3-1-4-18-32,33-19-5-2-6-20-33)41-28-14-12-26-39(41)45/h1-29H. The van der Waals surface area contributed by atoms with Crippen LogP contribution in [0.5, 0.6) is 0 Å². The molecule has 1 aliphatic heterocycles. The minimum absolute atomic E-state index is 0.558. The van der Waals surface area contributed by atoms with E-state index in [9.17, 15) is 5.26 Å². The highest BCUT2D eigenvalue weighted by atomic mass is 28.3. The van der Waals surface area contributed by atoms with E-state index in [2.05, 4.69) is 168 Å². The van der Waals surface area contributed by atoms with E-state index in [-0.39, 0.29) is 0 Å². The van der Waals surface area contributed by atoms with Gasteiger partial charge in [0, 0.05) is 28.7 Å². The van der Waals surface area contributed by atoms with Crippen molar-refractivity contribution in [1.29, 1.82) is 5.26 Å². The second-order valence-electron chi connectivity index (χ2n) is 11.4. The number of pyridine rings is 1. The molecule has 216 valence electrons. The monoisotopic (exact) mass is 603 g/mol. The molecular formula is C42H29N3Si. The van der Waals surface area contributed by atoms with Gasteiger partial charge in [0.25, 0.3) is 0 Å². The van der Waals surface area contributed by atoms with E-state index in [0.717, 1.165) is 22.4 Å². The Morgan fingerprint density at radius 1 is 0.457 bits per heavy atom. The molecular weight excluding hydrogens is 575 g/mol. The summed E-state index contributed by atoms with van der Waals surface area (Å²) in [5.74, 6) is 0. The van der Waals surface area contributed by atoms with Crippen LogP contribution in [0.25, 0.3) is 22.4 Å². The number of anilines is 3. The van der Waals surface area contributed by atoms with Crippen molar-refractivity contribution in [2.75, 3.05) is 4.90 Å². The highest BCUT2D eigenvalue weighted by molar-refractivity contribution is 7.21. The largest absolute Gasteiger partial charge is 0.310 e. The van der Waals surface area contributed by atoms with Crippen LogP contribution in [0.4, 0.5) is 17.1 Å². The Balaban J connectivity index is 1.43. The molecule has 0 bridgehead atoms. The van der Waals surface area contributed by atoms with Crippen molar-refractivity contribution < 1.29 is 0 Å². The number of hydrogen-bond acceptors (Lipinski definition) is 3. The quantitative estimate of drug-likeness (QED) is 0.192. The van der Waals surface area contributed by atoms with Crippen molar-refractivity contribution >= 4 is 45.9 Å². The van der Waals surface area contributed by atoms with Gasteiger partial charge < -0.3 is 4.90 Å². The summed E-state index contributed by atoms with van der Waals surface area (Å²) < 4.78 is 0. The van der Waals surface area contributed by atoms with Crippen molar-refractivity contribution in [2.45, 2.75) is 0 Å². The molecule has 8 rings (SSSR count). The molecule has 1 aliphatic rings. The highest BCUT2D eigenvalue weighted by Crippen LogP contribution is 2.44. The predicted octanol–water partition coefficient (Wildman–Crippen LogP) is 7.45. The fourth-order valence-corrected chi connectivity index (χ4v) is 12.3. The minimum atomic E-state index is -2.71. The van der Waals surface area contributed by atoms with Crippen LogP contribution in [0.1, 0.15) is 5.56 Å². The molecule has 3 nitrogen and oxygen atoms in total. The van der Waals surface area contributed by atoms with E-state index in [1.807, 2.05) is 18.2 Å². The van der Waals surface area contributed by atoms with E-state index in [4.69, 9.17) is 0 Å². The Morgan fingerprint density at radius 2 is 0.935 bits per heavy atom. The van der Waals surface area contributed by atoms with Crippen LogP contribution in [-0.2, 0) is 0 Å². The first-order valence-electron chi connectivity index (χ1n) is 15.5. The average Bonchev–Trinajstić information content (AvgIpc) is 3.14. The molecule has 0 aliphatic carbocycles. The summed E-state index contributed by atoms with van der Waals surface area (Å²) in [5.41, 5.74) is 7.73. The maximum Gasteiger partial charge on any atom is 0.184 e. The lowest BCUT2D eigenvalue weighted by Crippen LogP contribution is -2.77. The smallest absolute Gasteiger partial charge is 0.184 e. The fourth-order valence-electron chi connectivity index (χ4n) is 7.20. The number of hydrogen-bond donors (Lipinski definition) is 0. The van der Waals surface area contributed by atoms with E-state index in [0.29, 0.717) is 11.3 Å². The van der Waals surface area contributed by atoms with E-state index >= 15 is 0 Å². The number of rotatable bonds is 5. The van der Waals surface area contributed by atoms with Gasteiger partial charge in [0.2, 0.25) is 0 Å². The van der Waals surface area contributed by atoms with Crippen LogP contribution < -0.4 is 25.6 Å². The first-order chi connectivity index (χ1) is 22.8. The Kier molecular flexibility index (Phi) is 6.87. The fraction of sp³-hybridized carbons (Fsp3) is 0. The number of para-hydroxylation sites is 3. The number of aromatic nitrogens is 1. The first-order valence-corrected chi connectivity index (χ1v) is 17.5. The van der Waals surface area contributed by atoms with Crippen LogP contribution in [0, 0.1) is 11.3 Å². The number of fused-ring (bicyclic) bond motifs is 2. The Hall–Kier alpha value is -6.02. The normalized spacial score (nSPS) is 12.9. The molecule has 46 heavy (non-hydrogen) atoms. The zero-order chi connectivity index (χ0) is 30.9. The molecule has 2 heterocycles. The van der Waals surface area contributed by atoms with Crippen LogP contribution >= 0.6 is 0 Å². The van der Waals surface area contributed by atoms with Gasteiger partial charge in [0.05, 0.1) is 16.9 Å². The van der Waals surface area contributed by atoms with Crippen LogP contribution in [0.3, 0.4) is 0 Å². The molecule has 0 atom stereocenters. The van der Waals surface area contributed by atoms with Crippen molar-refractivity contribution in [3.05, 3.63) is 182 Å². The zero-order valence-corrected chi connectivity index (χ0v) is 26.1. The van der Waals surface area contributed by atoms with E-state index in [1.165, 1.54) is 32.1 Å². The van der Waals surface area contributed by atoms with Gasteiger partial charge >= 0.3 is 0 Å². The molecule has 0 amide bonds. The van der Waals surface area contributed by atoms with Gasteiger partial charge in [-0.1, -0.05) is 140 Å². The second kappa shape index (κ2) is 11.5. The number of nitriles is 1. The third-order valence-corrected chi connectivity index (χ3v) is 13.9. The highest BCUT2D eigenvalue weighted by Gasteiger charge is 2.48. The van der Waals surface area contributed by atoms with Gasteiger partial charge in [-0.3, -0.25) is 4.98 Å². The molecule has 7 aromatic rings. The van der Waals surface area contributed by atoms with Gasteiger partial charge in [-0.25, -0.2) is 0 Å². The summed E-state index contributed by atoms with van der Waals surface area (Å²) in [7, 11) is -2.71. The third-order valence-electron chi connectivity index (χ3n) is 9.06. The van der Waals surface area contributed by atoms with E-state index < -0.39 is 8.07 Å². The summed E-state index contributed by atoms with van der Waals surface area (Å²) in [5, 5.41) is 15.4. The van der Waals surface area contributed by atoms with Gasteiger partial charge in [-0.2, -0.15) is 5.26 Å². The summed E-state index contributed by atoms with van der Waals surface area (Å²) in [6.07, 6.45) is 1.76. The van der Waals surface area contributed by atoms with Gasteiger partial charge in [-0.05, 0) is 56.6 Å². The van der Waals surface area contributed by atoms with Crippen LogP contribution in [0.15, 0.2) is 176 Å². The lowest BCUT2D eigenvalue weighted by Gasteiger charge is -2.45. The average molecular weight is 604 g/mol. The van der Waals surface area contributed by atoms with Crippen molar-refractivity contribution in [1.82, 2.24) is 4.98 Å². The molecule has 0 unspecified atom stereocenters. The van der Waals surface area contributed by atoms with Gasteiger partial charge in [0.15, 0.2) is 8.07 Å². The molecule has 0 fully saturated rings. The van der Waals surface area contributed by atoms with Crippen molar-refractivity contribution in [3.8, 4) is 28.5 Å². The zero-order valence-electron chi connectivity index (χ0n) is 25.1. The van der Waals surface area contributed by atoms with Gasteiger partial charge in [-0.15, -0.1) is 0 Å².